The summed E-state index contributed by atoms with van der Waals surface area (Å²) in [6.07, 6.45) is 0.790. The van der Waals surface area contributed by atoms with Crippen molar-refractivity contribution in [3.8, 4) is 0 Å². The second-order valence-electron chi connectivity index (χ2n) is 4.20. The summed E-state index contributed by atoms with van der Waals surface area (Å²) in [6.45, 7) is 4.12. The van der Waals surface area contributed by atoms with E-state index in [2.05, 4.69) is 13.8 Å². The SMILES string of the molecule is CC(C)C[C@@H](N)c1ccc(Cl)c([N+](=O)[O-])c1. The van der Waals surface area contributed by atoms with E-state index in [1.165, 1.54) is 12.1 Å². The van der Waals surface area contributed by atoms with Crippen molar-refractivity contribution in [3.05, 3.63) is 38.9 Å². The van der Waals surface area contributed by atoms with Crippen LogP contribution in [0.4, 0.5) is 5.69 Å². The smallest absolute Gasteiger partial charge is 0.288 e. The molecule has 0 saturated carbocycles. The van der Waals surface area contributed by atoms with E-state index in [0.717, 1.165) is 12.0 Å². The average molecular weight is 243 g/mol. The summed E-state index contributed by atoms with van der Waals surface area (Å²) in [5.74, 6) is 0.449. The standard InChI is InChI=1S/C11H15ClN2O2/c1-7(2)5-10(13)8-3-4-9(12)11(6-8)14(15)16/h3-4,6-7,10H,5,13H2,1-2H3/t10-/m1/s1. The number of nitrogens with zero attached hydrogens (tertiary/aromatic N) is 1. The zero-order chi connectivity index (χ0) is 12.3. The zero-order valence-corrected chi connectivity index (χ0v) is 10.1. The second kappa shape index (κ2) is 5.27. The van der Waals surface area contributed by atoms with Gasteiger partial charge in [0.25, 0.3) is 5.69 Å². The van der Waals surface area contributed by atoms with Gasteiger partial charge >= 0.3 is 0 Å². The van der Waals surface area contributed by atoms with Gasteiger partial charge in [0.2, 0.25) is 0 Å². The van der Waals surface area contributed by atoms with Crippen molar-refractivity contribution in [1.29, 1.82) is 0 Å². The van der Waals surface area contributed by atoms with Crippen LogP contribution in [0.3, 0.4) is 0 Å². The monoisotopic (exact) mass is 242 g/mol. The van der Waals surface area contributed by atoms with Crippen molar-refractivity contribution in [3.63, 3.8) is 0 Å². The molecule has 0 unspecified atom stereocenters. The molecule has 0 heterocycles. The lowest BCUT2D eigenvalue weighted by Crippen LogP contribution is -2.13. The number of halogens is 1. The molecule has 0 amide bonds. The minimum Gasteiger partial charge on any atom is -0.324 e. The molecule has 5 heteroatoms. The van der Waals surface area contributed by atoms with Gasteiger partial charge in [-0.15, -0.1) is 0 Å². The van der Waals surface area contributed by atoms with E-state index in [1.807, 2.05) is 0 Å². The Kier molecular flexibility index (Phi) is 4.26. The van der Waals surface area contributed by atoms with Gasteiger partial charge in [-0.1, -0.05) is 31.5 Å². The molecule has 4 nitrogen and oxygen atoms in total. The summed E-state index contributed by atoms with van der Waals surface area (Å²) in [5.41, 5.74) is 6.62. The summed E-state index contributed by atoms with van der Waals surface area (Å²) in [5, 5.41) is 10.8. The first-order valence-electron chi connectivity index (χ1n) is 5.11. The summed E-state index contributed by atoms with van der Waals surface area (Å²) in [7, 11) is 0. The van der Waals surface area contributed by atoms with Gasteiger partial charge in [0.15, 0.2) is 0 Å². The van der Waals surface area contributed by atoms with E-state index < -0.39 is 4.92 Å². The molecular formula is C11H15ClN2O2. The maximum Gasteiger partial charge on any atom is 0.288 e. The summed E-state index contributed by atoms with van der Waals surface area (Å²) >= 11 is 5.72. The van der Waals surface area contributed by atoms with Crippen molar-refractivity contribution in [2.45, 2.75) is 26.3 Å². The molecule has 0 aliphatic rings. The number of benzene rings is 1. The van der Waals surface area contributed by atoms with Gasteiger partial charge in [-0.3, -0.25) is 10.1 Å². The molecule has 1 rings (SSSR count). The Morgan fingerprint density at radius 2 is 2.12 bits per heavy atom. The number of nitro benzene ring substituents is 1. The topological polar surface area (TPSA) is 69.2 Å². The van der Waals surface area contributed by atoms with E-state index in [1.54, 1.807) is 6.07 Å². The predicted molar refractivity (Wildman–Crippen MR) is 64.5 cm³/mol. The molecular weight excluding hydrogens is 228 g/mol. The molecule has 0 bridgehead atoms. The molecule has 88 valence electrons. The molecule has 2 N–H and O–H groups in total. The number of nitro groups is 1. The summed E-state index contributed by atoms with van der Waals surface area (Å²) in [6, 6.07) is 4.53. The van der Waals surface area contributed by atoms with Crippen molar-refractivity contribution in [2.24, 2.45) is 11.7 Å². The third kappa shape index (κ3) is 3.18. The molecule has 0 aliphatic carbocycles. The minimum atomic E-state index is -0.492. The van der Waals surface area contributed by atoms with Crippen molar-refractivity contribution in [1.82, 2.24) is 0 Å². The van der Waals surface area contributed by atoms with Crippen molar-refractivity contribution < 1.29 is 4.92 Å². The van der Waals surface area contributed by atoms with Crippen LogP contribution in [0.2, 0.25) is 5.02 Å². The van der Waals surface area contributed by atoms with Gasteiger partial charge in [-0.05, 0) is 24.0 Å². The Morgan fingerprint density at radius 3 is 2.62 bits per heavy atom. The lowest BCUT2D eigenvalue weighted by atomic mass is 9.97. The quantitative estimate of drug-likeness (QED) is 0.651. The zero-order valence-electron chi connectivity index (χ0n) is 9.31. The molecule has 0 saturated heterocycles. The lowest BCUT2D eigenvalue weighted by Gasteiger charge is -2.14. The maximum absolute atomic E-state index is 10.7. The molecule has 1 atom stereocenters. The first-order valence-corrected chi connectivity index (χ1v) is 5.49. The predicted octanol–water partition coefficient (Wildman–Crippen LogP) is 3.29. The van der Waals surface area contributed by atoms with E-state index >= 15 is 0 Å². The summed E-state index contributed by atoms with van der Waals surface area (Å²) in [4.78, 5) is 10.2. The molecule has 0 fully saturated rings. The van der Waals surface area contributed by atoms with Crippen LogP contribution in [0, 0.1) is 16.0 Å². The first-order chi connectivity index (χ1) is 7.41. The normalized spacial score (nSPS) is 12.8. The van der Waals surface area contributed by atoms with Crippen LogP contribution in [0.5, 0.6) is 0 Å². The van der Waals surface area contributed by atoms with E-state index in [4.69, 9.17) is 17.3 Å². The third-order valence-electron chi connectivity index (χ3n) is 2.32. The Labute approximate surface area is 99.6 Å². The molecule has 0 aromatic heterocycles. The number of hydrogen-bond acceptors (Lipinski definition) is 3. The van der Waals surface area contributed by atoms with Crippen LogP contribution in [-0.2, 0) is 0 Å². The highest BCUT2D eigenvalue weighted by Crippen LogP contribution is 2.28. The number of nitrogens with two attached hydrogens (primary N) is 1. The maximum atomic E-state index is 10.7. The van der Waals surface area contributed by atoms with E-state index in [9.17, 15) is 10.1 Å². The minimum absolute atomic E-state index is 0.0848. The van der Waals surface area contributed by atoms with E-state index in [-0.39, 0.29) is 16.8 Å². The van der Waals surface area contributed by atoms with Crippen molar-refractivity contribution >= 4 is 17.3 Å². The van der Waals surface area contributed by atoms with Gasteiger partial charge in [-0.2, -0.15) is 0 Å². The Morgan fingerprint density at radius 1 is 1.50 bits per heavy atom. The van der Waals surface area contributed by atoms with Crippen molar-refractivity contribution in [2.75, 3.05) is 0 Å². The van der Waals surface area contributed by atoms with Crippen LogP contribution < -0.4 is 5.73 Å². The highest BCUT2D eigenvalue weighted by Gasteiger charge is 2.16. The fraction of sp³-hybridized carbons (Fsp3) is 0.455. The Hall–Kier alpha value is -1.13. The van der Waals surface area contributed by atoms with Crippen LogP contribution in [-0.4, -0.2) is 4.92 Å². The van der Waals surface area contributed by atoms with Gasteiger partial charge in [0.1, 0.15) is 5.02 Å². The number of rotatable bonds is 4. The second-order valence-corrected chi connectivity index (χ2v) is 4.61. The lowest BCUT2D eigenvalue weighted by molar-refractivity contribution is -0.384. The first kappa shape index (κ1) is 12.9. The highest BCUT2D eigenvalue weighted by atomic mass is 35.5. The molecule has 1 aromatic rings. The molecule has 0 radical (unpaired) electrons. The number of hydrogen-bond donors (Lipinski definition) is 1. The molecule has 16 heavy (non-hydrogen) atoms. The summed E-state index contributed by atoms with van der Waals surface area (Å²) < 4.78 is 0. The third-order valence-corrected chi connectivity index (χ3v) is 2.64. The van der Waals surface area contributed by atoms with Crippen LogP contribution in [0.1, 0.15) is 31.9 Å². The Balaban J connectivity index is 2.98. The van der Waals surface area contributed by atoms with Crippen LogP contribution >= 0.6 is 11.6 Å². The highest BCUT2D eigenvalue weighted by molar-refractivity contribution is 6.32. The largest absolute Gasteiger partial charge is 0.324 e. The van der Waals surface area contributed by atoms with E-state index in [0.29, 0.717) is 5.92 Å². The van der Waals surface area contributed by atoms with Gasteiger partial charge in [0, 0.05) is 12.1 Å². The van der Waals surface area contributed by atoms with Gasteiger partial charge in [-0.25, -0.2) is 0 Å². The fourth-order valence-electron chi connectivity index (χ4n) is 1.54. The van der Waals surface area contributed by atoms with Crippen LogP contribution in [0.25, 0.3) is 0 Å². The fourth-order valence-corrected chi connectivity index (χ4v) is 1.73. The molecule has 1 aromatic carbocycles. The molecule has 0 aliphatic heterocycles. The van der Waals surface area contributed by atoms with Gasteiger partial charge < -0.3 is 5.73 Å². The Bertz CT molecular complexity index is 394. The van der Waals surface area contributed by atoms with Gasteiger partial charge in [0.05, 0.1) is 4.92 Å². The van der Waals surface area contributed by atoms with Crippen LogP contribution in [0.15, 0.2) is 18.2 Å². The molecule has 0 spiro atoms. The average Bonchev–Trinajstić information content (AvgIpc) is 2.16.